The van der Waals surface area contributed by atoms with Crippen molar-refractivity contribution >= 4 is 27.2 Å². The first-order valence-corrected chi connectivity index (χ1v) is 8.82. The number of benzene rings is 1. The Balaban J connectivity index is 1.96. The summed E-state index contributed by atoms with van der Waals surface area (Å²) in [6, 6.07) is 7.60. The van der Waals surface area contributed by atoms with Crippen LogP contribution in [-0.4, -0.2) is 30.6 Å². The maximum atomic E-state index is 13.3. The Morgan fingerprint density at radius 2 is 2.12 bits per heavy atom. The number of rotatable bonds is 5. The monoisotopic (exact) mass is 363 g/mol. The topological polar surface area (TPSA) is 89.8 Å². The molecule has 0 amide bonds. The predicted molar refractivity (Wildman–Crippen MR) is 88.4 cm³/mol. The predicted octanol–water partition coefficient (Wildman–Crippen LogP) is 2.45. The number of pyridine rings is 1. The van der Waals surface area contributed by atoms with Gasteiger partial charge in [-0.25, -0.2) is 22.1 Å². The van der Waals surface area contributed by atoms with Crippen molar-refractivity contribution < 1.29 is 22.3 Å². The van der Waals surface area contributed by atoms with Gasteiger partial charge in [0.05, 0.1) is 28.9 Å². The molecule has 1 aromatic carbocycles. The van der Waals surface area contributed by atoms with Gasteiger partial charge in [0.1, 0.15) is 11.4 Å². The third-order valence-corrected chi connectivity index (χ3v) is 4.75. The minimum atomic E-state index is -3.97. The van der Waals surface area contributed by atoms with Gasteiger partial charge in [-0.3, -0.25) is 4.72 Å². The molecule has 0 radical (unpaired) electrons. The van der Waals surface area contributed by atoms with E-state index in [2.05, 4.69) is 9.82 Å². The number of ether oxygens (including phenoxy) is 1. The van der Waals surface area contributed by atoms with E-state index in [4.69, 9.17) is 4.74 Å². The molecule has 2 aromatic heterocycles. The highest BCUT2D eigenvalue weighted by molar-refractivity contribution is 7.92. The van der Waals surface area contributed by atoms with Crippen LogP contribution in [0.2, 0.25) is 0 Å². The second-order valence-electron chi connectivity index (χ2n) is 5.09. The number of aromatic nitrogens is 2. The van der Waals surface area contributed by atoms with Crippen molar-refractivity contribution in [1.29, 1.82) is 0 Å². The highest BCUT2D eigenvalue weighted by atomic mass is 32.2. The molecule has 0 saturated heterocycles. The molecule has 3 rings (SSSR count). The van der Waals surface area contributed by atoms with E-state index in [0.717, 1.165) is 12.1 Å². The number of sulfonamides is 1. The van der Waals surface area contributed by atoms with Gasteiger partial charge in [-0.2, -0.15) is 5.10 Å². The van der Waals surface area contributed by atoms with Crippen LogP contribution in [0, 0.1) is 5.82 Å². The average molecular weight is 363 g/mol. The molecule has 0 unspecified atom stereocenters. The van der Waals surface area contributed by atoms with E-state index in [-0.39, 0.29) is 22.8 Å². The Morgan fingerprint density at radius 1 is 1.32 bits per heavy atom. The number of hydrogen-bond acceptors (Lipinski definition) is 5. The fraction of sp³-hybridized carbons (Fsp3) is 0.125. The lowest BCUT2D eigenvalue weighted by atomic mass is 10.2. The highest BCUT2D eigenvalue weighted by Crippen LogP contribution is 2.20. The summed E-state index contributed by atoms with van der Waals surface area (Å²) in [5, 5.41) is 4.02. The van der Waals surface area contributed by atoms with Gasteiger partial charge in [-0.05, 0) is 37.3 Å². The summed E-state index contributed by atoms with van der Waals surface area (Å²) in [7, 11) is -3.97. The molecular formula is C16H14FN3O4S. The normalized spacial score (nSPS) is 11.4. The van der Waals surface area contributed by atoms with E-state index in [1.54, 1.807) is 6.92 Å². The molecule has 3 aromatic rings. The summed E-state index contributed by atoms with van der Waals surface area (Å²) >= 11 is 0. The van der Waals surface area contributed by atoms with E-state index in [9.17, 15) is 17.6 Å². The second-order valence-corrected chi connectivity index (χ2v) is 6.77. The third-order valence-electron chi connectivity index (χ3n) is 3.38. The first-order valence-electron chi connectivity index (χ1n) is 7.33. The number of halogens is 1. The van der Waals surface area contributed by atoms with Crippen LogP contribution in [0.3, 0.4) is 0 Å². The van der Waals surface area contributed by atoms with E-state index in [0.29, 0.717) is 5.52 Å². The number of anilines is 1. The van der Waals surface area contributed by atoms with Gasteiger partial charge in [-0.1, -0.05) is 6.07 Å². The van der Waals surface area contributed by atoms with Crippen molar-refractivity contribution in [3.8, 4) is 0 Å². The van der Waals surface area contributed by atoms with Gasteiger partial charge in [-0.15, -0.1) is 0 Å². The zero-order chi connectivity index (χ0) is 18.0. The first-order chi connectivity index (χ1) is 11.9. The lowest BCUT2D eigenvalue weighted by molar-refractivity contribution is 0.0528. The third kappa shape index (κ3) is 3.45. The summed E-state index contributed by atoms with van der Waals surface area (Å²) in [5.74, 6) is -1.21. The maximum absolute atomic E-state index is 13.3. The van der Waals surface area contributed by atoms with Gasteiger partial charge >= 0.3 is 5.97 Å². The van der Waals surface area contributed by atoms with Gasteiger partial charge in [0.15, 0.2) is 0 Å². The second kappa shape index (κ2) is 6.52. The molecule has 0 bridgehead atoms. The van der Waals surface area contributed by atoms with Crippen LogP contribution in [-0.2, 0) is 14.8 Å². The van der Waals surface area contributed by atoms with Gasteiger partial charge in [0.2, 0.25) is 0 Å². The van der Waals surface area contributed by atoms with E-state index in [1.807, 2.05) is 0 Å². The minimum Gasteiger partial charge on any atom is -0.462 e. The number of carbonyl (C=O) groups excluding carboxylic acids is 1. The molecule has 130 valence electrons. The zero-order valence-electron chi connectivity index (χ0n) is 13.1. The first kappa shape index (κ1) is 16.9. The van der Waals surface area contributed by atoms with E-state index < -0.39 is 21.8 Å². The number of nitrogens with zero attached hydrogens (tertiary/aromatic N) is 2. The molecule has 0 aliphatic heterocycles. The molecule has 2 heterocycles. The van der Waals surface area contributed by atoms with Crippen molar-refractivity contribution in [2.45, 2.75) is 11.8 Å². The maximum Gasteiger partial charge on any atom is 0.341 e. The van der Waals surface area contributed by atoms with Crippen LogP contribution in [0.15, 0.2) is 53.7 Å². The minimum absolute atomic E-state index is 0.202. The molecular weight excluding hydrogens is 349 g/mol. The quantitative estimate of drug-likeness (QED) is 0.703. The smallest absolute Gasteiger partial charge is 0.341 e. The Hall–Kier alpha value is -2.94. The Bertz CT molecular complexity index is 1050. The van der Waals surface area contributed by atoms with Gasteiger partial charge in [0, 0.05) is 6.20 Å². The summed E-state index contributed by atoms with van der Waals surface area (Å²) < 4.78 is 46.7. The van der Waals surface area contributed by atoms with Crippen molar-refractivity contribution in [3.05, 3.63) is 60.2 Å². The van der Waals surface area contributed by atoms with Crippen LogP contribution >= 0.6 is 0 Å². The van der Waals surface area contributed by atoms with Crippen molar-refractivity contribution in [2.75, 3.05) is 11.3 Å². The van der Waals surface area contributed by atoms with Crippen LogP contribution in [0.1, 0.15) is 17.3 Å². The molecule has 0 aliphatic carbocycles. The molecule has 1 N–H and O–H groups in total. The lowest BCUT2D eigenvalue weighted by Crippen LogP contribution is -2.13. The Labute approximate surface area is 143 Å². The Morgan fingerprint density at radius 3 is 2.84 bits per heavy atom. The molecule has 0 saturated carbocycles. The average Bonchev–Trinajstić information content (AvgIpc) is 2.98. The van der Waals surface area contributed by atoms with Gasteiger partial charge < -0.3 is 4.74 Å². The fourth-order valence-electron chi connectivity index (χ4n) is 2.26. The number of nitrogens with one attached hydrogen (secondary N) is 1. The van der Waals surface area contributed by atoms with E-state index in [1.165, 1.54) is 41.2 Å². The molecule has 0 fully saturated rings. The lowest BCUT2D eigenvalue weighted by Gasteiger charge is -2.09. The summed E-state index contributed by atoms with van der Waals surface area (Å²) in [6.07, 6.45) is 2.85. The molecule has 9 heteroatoms. The molecule has 0 atom stereocenters. The molecule has 0 spiro atoms. The SMILES string of the molecule is CCOC(=O)c1cnn2ccc(NS(=O)(=O)c3cccc(F)c3)cc12. The summed E-state index contributed by atoms with van der Waals surface area (Å²) in [5.41, 5.74) is 0.814. The van der Waals surface area contributed by atoms with Crippen molar-refractivity contribution in [3.63, 3.8) is 0 Å². The van der Waals surface area contributed by atoms with Crippen LogP contribution < -0.4 is 4.72 Å². The highest BCUT2D eigenvalue weighted by Gasteiger charge is 2.17. The van der Waals surface area contributed by atoms with Crippen molar-refractivity contribution in [2.24, 2.45) is 0 Å². The standard InChI is InChI=1S/C16H14FN3O4S/c1-2-24-16(21)14-10-18-20-7-6-12(9-15(14)20)19-25(22,23)13-5-3-4-11(17)8-13/h3-10,19H,2H2,1H3. The van der Waals surface area contributed by atoms with Crippen LogP contribution in [0.5, 0.6) is 0 Å². The van der Waals surface area contributed by atoms with Crippen LogP contribution in [0.4, 0.5) is 10.1 Å². The van der Waals surface area contributed by atoms with E-state index >= 15 is 0 Å². The van der Waals surface area contributed by atoms with Gasteiger partial charge in [0.25, 0.3) is 10.0 Å². The van der Waals surface area contributed by atoms with Crippen molar-refractivity contribution in [1.82, 2.24) is 9.61 Å². The number of carbonyl (C=O) groups is 1. The number of hydrogen-bond donors (Lipinski definition) is 1. The number of esters is 1. The number of fused-ring (bicyclic) bond motifs is 1. The van der Waals surface area contributed by atoms with Crippen LogP contribution in [0.25, 0.3) is 5.52 Å². The molecule has 25 heavy (non-hydrogen) atoms. The zero-order valence-corrected chi connectivity index (χ0v) is 14.0. The Kier molecular flexibility index (Phi) is 4.41. The largest absolute Gasteiger partial charge is 0.462 e. The fourth-order valence-corrected chi connectivity index (χ4v) is 3.34. The molecule has 0 aliphatic rings. The summed E-state index contributed by atoms with van der Waals surface area (Å²) in [4.78, 5) is 11.7. The molecule has 7 nitrogen and oxygen atoms in total. The summed E-state index contributed by atoms with van der Waals surface area (Å²) in [6.45, 7) is 1.89.